The first-order valence-corrected chi connectivity index (χ1v) is 9.44. The van der Waals surface area contributed by atoms with Gasteiger partial charge in [0, 0.05) is 18.4 Å². The Morgan fingerprint density at radius 1 is 1.26 bits per heavy atom. The first-order chi connectivity index (χ1) is 15.1. The molecule has 0 radical (unpaired) electrons. The van der Waals surface area contributed by atoms with E-state index < -0.39 is 5.91 Å². The average Bonchev–Trinajstić information content (AvgIpc) is 3.44. The van der Waals surface area contributed by atoms with Crippen LogP contribution in [0.5, 0.6) is 23.0 Å². The fraction of sp³-hybridized carbons (Fsp3) is 0.286. The van der Waals surface area contributed by atoms with E-state index in [2.05, 4.69) is 15.7 Å². The molecule has 0 saturated carbocycles. The maximum atomic E-state index is 12.9. The quantitative estimate of drug-likeness (QED) is 0.536. The van der Waals surface area contributed by atoms with E-state index in [0.29, 0.717) is 35.0 Å². The van der Waals surface area contributed by atoms with Crippen LogP contribution in [0.4, 0.5) is 4.39 Å². The lowest BCUT2D eigenvalue weighted by Crippen LogP contribution is -2.27. The fourth-order valence-corrected chi connectivity index (χ4v) is 3.29. The SMILES string of the molecule is COc1cc(C[C@@H]2CC(C(=O)N/N=C\c3ccc(F)cc3)=NO2)c(OC)c2c1OCO2. The Balaban J connectivity index is 1.38. The van der Waals surface area contributed by atoms with Crippen molar-refractivity contribution in [2.45, 2.75) is 18.9 Å². The number of halogens is 1. The number of methoxy groups -OCH3 is 2. The van der Waals surface area contributed by atoms with E-state index >= 15 is 0 Å². The fourth-order valence-electron chi connectivity index (χ4n) is 3.29. The summed E-state index contributed by atoms with van der Waals surface area (Å²) in [6, 6.07) is 7.50. The van der Waals surface area contributed by atoms with Crippen molar-refractivity contribution in [2.24, 2.45) is 10.3 Å². The zero-order valence-electron chi connectivity index (χ0n) is 16.9. The van der Waals surface area contributed by atoms with Crippen LogP contribution in [0, 0.1) is 5.82 Å². The summed E-state index contributed by atoms with van der Waals surface area (Å²) in [5.74, 6) is 1.20. The number of hydrazone groups is 1. The zero-order chi connectivity index (χ0) is 21.8. The molecule has 9 nitrogen and oxygen atoms in total. The van der Waals surface area contributed by atoms with Gasteiger partial charge in [-0.15, -0.1) is 0 Å². The molecule has 2 aromatic carbocycles. The lowest BCUT2D eigenvalue weighted by atomic mass is 10.0. The van der Waals surface area contributed by atoms with Crippen LogP contribution in [-0.2, 0) is 16.1 Å². The molecule has 2 heterocycles. The number of carbonyl (C=O) groups is 1. The number of nitrogens with zero attached hydrogens (tertiary/aromatic N) is 2. The lowest BCUT2D eigenvalue weighted by Gasteiger charge is -2.15. The van der Waals surface area contributed by atoms with Gasteiger partial charge in [0.05, 0.1) is 20.4 Å². The van der Waals surface area contributed by atoms with Crippen molar-refractivity contribution >= 4 is 17.8 Å². The summed E-state index contributed by atoms with van der Waals surface area (Å²) in [5.41, 5.74) is 4.03. The number of rotatable bonds is 7. The van der Waals surface area contributed by atoms with Crippen LogP contribution in [0.2, 0.25) is 0 Å². The minimum Gasteiger partial charge on any atom is -0.493 e. The smallest absolute Gasteiger partial charge is 0.289 e. The summed E-state index contributed by atoms with van der Waals surface area (Å²) < 4.78 is 34.8. The highest BCUT2D eigenvalue weighted by Crippen LogP contribution is 2.49. The largest absolute Gasteiger partial charge is 0.493 e. The average molecular weight is 429 g/mol. The molecule has 1 atom stereocenters. The van der Waals surface area contributed by atoms with Gasteiger partial charge in [0.15, 0.2) is 11.5 Å². The number of fused-ring (bicyclic) bond motifs is 1. The second-order valence-electron chi connectivity index (χ2n) is 6.76. The summed E-state index contributed by atoms with van der Waals surface area (Å²) in [5, 5.41) is 7.74. The molecule has 1 N–H and O–H groups in total. The zero-order valence-corrected chi connectivity index (χ0v) is 16.9. The highest BCUT2D eigenvalue weighted by molar-refractivity contribution is 6.39. The van der Waals surface area contributed by atoms with Gasteiger partial charge in [-0.05, 0) is 23.8 Å². The normalized spacial score (nSPS) is 16.7. The Morgan fingerprint density at radius 2 is 2.03 bits per heavy atom. The van der Waals surface area contributed by atoms with Crippen molar-refractivity contribution in [3.63, 3.8) is 0 Å². The molecule has 0 aromatic heterocycles. The van der Waals surface area contributed by atoms with Crippen molar-refractivity contribution in [3.05, 3.63) is 47.3 Å². The minimum absolute atomic E-state index is 0.0807. The number of benzene rings is 2. The van der Waals surface area contributed by atoms with Crippen LogP contribution in [-0.4, -0.2) is 44.9 Å². The first-order valence-electron chi connectivity index (χ1n) is 9.44. The molecule has 2 aromatic rings. The van der Waals surface area contributed by atoms with E-state index in [4.69, 9.17) is 23.8 Å². The highest BCUT2D eigenvalue weighted by Gasteiger charge is 2.31. The van der Waals surface area contributed by atoms with Gasteiger partial charge in [-0.3, -0.25) is 4.79 Å². The number of nitrogens with one attached hydrogen (secondary N) is 1. The van der Waals surface area contributed by atoms with E-state index in [9.17, 15) is 9.18 Å². The summed E-state index contributed by atoms with van der Waals surface area (Å²) in [6.07, 6.45) is 1.74. The van der Waals surface area contributed by atoms with Crippen molar-refractivity contribution in [3.8, 4) is 23.0 Å². The summed E-state index contributed by atoms with van der Waals surface area (Å²) >= 11 is 0. The molecule has 0 saturated heterocycles. The standard InChI is InChI=1S/C21H20FN3O6/c1-27-17-8-13(18(28-2)20-19(17)29-11-30-20)7-15-9-16(25-31-15)21(26)24-23-10-12-3-5-14(22)6-4-12/h3-6,8,10,15H,7,9,11H2,1-2H3,(H,24,26)/b23-10-/t15-/m1/s1. The van der Waals surface area contributed by atoms with Crippen LogP contribution in [0.25, 0.3) is 0 Å². The number of oxime groups is 1. The third-order valence-corrected chi connectivity index (χ3v) is 4.76. The Morgan fingerprint density at radius 3 is 2.77 bits per heavy atom. The van der Waals surface area contributed by atoms with Crippen molar-refractivity contribution in [1.82, 2.24) is 5.43 Å². The van der Waals surface area contributed by atoms with Gasteiger partial charge in [-0.25, -0.2) is 9.82 Å². The minimum atomic E-state index is -0.476. The predicted octanol–water partition coefficient (Wildman–Crippen LogP) is 2.41. The molecule has 162 valence electrons. The molecule has 0 aliphatic carbocycles. The van der Waals surface area contributed by atoms with Gasteiger partial charge in [0.1, 0.15) is 17.6 Å². The molecule has 1 amide bonds. The molecule has 10 heteroatoms. The summed E-state index contributed by atoms with van der Waals surface area (Å²) in [4.78, 5) is 17.7. The third kappa shape index (κ3) is 4.37. The van der Waals surface area contributed by atoms with Gasteiger partial charge < -0.3 is 23.8 Å². The second-order valence-corrected chi connectivity index (χ2v) is 6.76. The predicted molar refractivity (Wildman–Crippen MR) is 108 cm³/mol. The Kier molecular flexibility index (Phi) is 5.87. The number of carbonyl (C=O) groups excluding carboxylic acids is 1. The van der Waals surface area contributed by atoms with E-state index in [1.807, 2.05) is 0 Å². The number of hydrogen-bond acceptors (Lipinski definition) is 8. The maximum absolute atomic E-state index is 12.9. The van der Waals surface area contributed by atoms with Crippen molar-refractivity contribution in [2.75, 3.05) is 21.0 Å². The van der Waals surface area contributed by atoms with Crippen LogP contribution in [0.1, 0.15) is 17.5 Å². The second kappa shape index (κ2) is 8.90. The molecule has 0 unspecified atom stereocenters. The van der Waals surface area contributed by atoms with Gasteiger partial charge in [0.2, 0.25) is 18.3 Å². The van der Waals surface area contributed by atoms with Gasteiger partial charge in [0.25, 0.3) is 5.91 Å². The highest BCUT2D eigenvalue weighted by atomic mass is 19.1. The van der Waals surface area contributed by atoms with Gasteiger partial charge in [-0.2, -0.15) is 5.10 Å². The Bertz CT molecular complexity index is 1040. The molecule has 2 aliphatic rings. The third-order valence-electron chi connectivity index (χ3n) is 4.76. The molecule has 0 spiro atoms. The van der Waals surface area contributed by atoms with E-state index in [1.165, 1.54) is 32.6 Å². The molecule has 2 aliphatic heterocycles. The van der Waals surface area contributed by atoms with Gasteiger partial charge >= 0.3 is 0 Å². The Hall–Kier alpha value is -3.82. The van der Waals surface area contributed by atoms with Crippen LogP contribution < -0.4 is 24.4 Å². The molecule has 31 heavy (non-hydrogen) atoms. The maximum Gasteiger partial charge on any atom is 0.289 e. The molecule has 4 rings (SSSR count). The molecule has 0 bridgehead atoms. The topological polar surface area (TPSA) is 100.0 Å². The van der Waals surface area contributed by atoms with Crippen LogP contribution in [0.3, 0.4) is 0 Å². The van der Waals surface area contributed by atoms with Crippen LogP contribution in [0.15, 0.2) is 40.6 Å². The lowest BCUT2D eigenvalue weighted by molar-refractivity contribution is -0.114. The van der Waals surface area contributed by atoms with E-state index in [0.717, 1.165) is 5.56 Å². The van der Waals surface area contributed by atoms with Crippen molar-refractivity contribution < 1.29 is 33.0 Å². The van der Waals surface area contributed by atoms with Gasteiger partial charge in [-0.1, -0.05) is 17.3 Å². The monoisotopic (exact) mass is 429 g/mol. The molecular formula is C21H20FN3O6. The number of ether oxygens (including phenoxy) is 4. The number of hydrogen-bond donors (Lipinski definition) is 1. The summed E-state index contributed by atoms with van der Waals surface area (Å²) in [6.45, 7) is 0.0807. The van der Waals surface area contributed by atoms with E-state index in [1.54, 1.807) is 18.2 Å². The van der Waals surface area contributed by atoms with Crippen molar-refractivity contribution in [1.29, 1.82) is 0 Å². The number of amides is 1. The van der Waals surface area contributed by atoms with Crippen LogP contribution >= 0.6 is 0 Å². The Labute approximate surface area is 177 Å². The molecular weight excluding hydrogens is 409 g/mol. The summed E-state index contributed by atoms with van der Waals surface area (Å²) in [7, 11) is 3.08. The first kappa shape index (κ1) is 20.5. The van der Waals surface area contributed by atoms with E-state index in [-0.39, 0.29) is 30.8 Å². The molecule has 0 fully saturated rings.